The molecule has 0 saturated heterocycles. The van der Waals surface area contributed by atoms with Crippen LogP contribution in [0.2, 0.25) is 0 Å². The maximum atomic E-state index is 12.7. The summed E-state index contributed by atoms with van der Waals surface area (Å²) in [6.07, 6.45) is -1.08. The molecule has 0 aliphatic carbocycles. The first-order valence-electron chi connectivity index (χ1n) is 10.5. The lowest BCUT2D eigenvalue weighted by Crippen LogP contribution is -2.58. The van der Waals surface area contributed by atoms with Gasteiger partial charge in [-0.05, 0) is 24.7 Å². The fraction of sp³-hybridized carbons (Fsp3) is 0.700. The summed E-state index contributed by atoms with van der Waals surface area (Å²) in [5.74, 6) is -6.52. The fourth-order valence-electron chi connectivity index (χ4n) is 2.87. The molecule has 0 rings (SSSR count). The Morgan fingerprint density at radius 1 is 0.818 bits per heavy atom. The lowest BCUT2D eigenvalue weighted by atomic mass is 10.0. The number of carbonyl (C=O) groups excluding carboxylic acids is 4. The van der Waals surface area contributed by atoms with Crippen LogP contribution in [0.25, 0.3) is 0 Å². The smallest absolute Gasteiger partial charge is 0.326 e. The maximum Gasteiger partial charge on any atom is 0.326 e. The van der Waals surface area contributed by atoms with Gasteiger partial charge < -0.3 is 37.6 Å². The molecule has 0 aromatic rings. The molecule has 0 bridgehead atoms. The second-order valence-electron chi connectivity index (χ2n) is 8.53. The lowest BCUT2D eigenvalue weighted by molar-refractivity contribution is -0.144. The van der Waals surface area contributed by atoms with Gasteiger partial charge >= 0.3 is 11.9 Å². The van der Waals surface area contributed by atoms with Crippen molar-refractivity contribution in [3.63, 3.8) is 0 Å². The van der Waals surface area contributed by atoms with Crippen molar-refractivity contribution in [2.75, 3.05) is 0 Å². The number of carboxylic acids is 2. The number of carboxylic acid groups (broad SMARTS) is 2. The largest absolute Gasteiger partial charge is 0.481 e. The zero-order valence-electron chi connectivity index (χ0n) is 19.3. The molecule has 0 aromatic carbocycles. The number of nitrogens with two attached hydrogens (primary N) is 2. The van der Waals surface area contributed by atoms with E-state index in [1.54, 1.807) is 13.8 Å². The van der Waals surface area contributed by atoms with Gasteiger partial charge in [-0.25, -0.2) is 4.79 Å². The maximum absolute atomic E-state index is 12.7. The van der Waals surface area contributed by atoms with Crippen molar-refractivity contribution in [1.82, 2.24) is 16.0 Å². The molecule has 9 N–H and O–H groups in total. The molecule has 4 amide bonds. The van der Waals surface area contributed by atoms with Crippen LogP contribution >= 0.6 is 0 Å². The Bertz CT molecular complexity index is 740. The van der Waals surface area contributed by atoms with Crippen LogP contribution < -0.4 is 27.4 Å². The van der Waals surface area contributed by atoms with Crippen LogP contribution in [0.15, 0.2) is 0 Å². The predicted molar refractivity (Wildman–Crippen MR) is 116 cm³/mol. The minimum atomic E-state index is -1.56. The molecule has 0 radical (unpaired) electrons. The SMILES string of the molecule is CC(C)CC(N)C(=O)NC(CC(=O)O)C(=O)NC(CCC(N)=O)C(=O)NC(C(=O)O)C(C)C. The third kappa shape index (κ3) is 11.8. The van der Waals surface area contributed by atoms with Crippen molar-refractivity contribution >= 4 is 35.6 Å². The summed E-state index contributed by atoms with van der Waals surface area (Å²) in [5.41, 5.74) is 10.9. The van der Waals surface area contributed by atoms with Crippen LogP contribution in [0.4, 0.5) is 0 Å². The van der Waals surface area contributed by atoms with Crippen LogP contribution in [-0.2, 0) is 28.8 Å². The molecule has 0 fully saturated rings. The summed E-state index contributed by atoms with van der Waals surface area (Å²) in [7, 11) is 0. The topological polar surface area (TPSA) is 231 Å². The van der Waals surface area contributed by atoms with E-state index in [2.05, 4.69) is 16.0 Å². The Morgan fingerprint density at radius 2 is 1.33 bits per heavy atom. The third-order valence-corrected chi connectivity index (χ3v) is 4.62. The first kappa shape index (κ1) is 29.8. The first-order chi connectivity index (χ1) is 15.1. The Morgan fingerprint density at radius 3 is 1.76 bits per heavy atom. The highest BCUT2D eigenvalue weighted by molar-refractivity contribution is 5.95. The zero-order valence-corrected chi connectivity index (χ0v) is 19.3. The average molecular weight is 474 g/mol. The van der Waals surface area contributed by atoms with E-state index in [1.165, 1.54) is 0 Å². The summed E-state index contributed by atoms with van der Waals surface area (Å²) in [5, 5.41) is 25.2. The number of rotatable bonds is 15. The quantitative estimate of drug-likeness (QED) is 0.143. The van der Waals surface area contributed by atoms with E-state index >= 15 is 0 Å². The fourth-order valence-corrected chi connectivity index (χ4v) is 2.87. The van der Waals surface area contributed by atoms with Crippen molar-refractivity contribution in [2.45, 2.75) is 77.5 Å². The van der Waals surface area contributed by atoms with E-state index in [1.807, 2.05) is 13.8 Å². The van der Waals surface area contributed by atoms with E-state index in [-0.39, 0.29) is 18.8 Å². The van der Waals surface area contributed by atoms with Crippen molar-refractivity contribution < 1.29 is 39.0 Å². The van der Waals surface area contributed by atoms with Gasteiger partial charge in [-0.15, -0.1) is 0 Å². The van der Waals surface area contributed by atoms with Gasteiger partial charge in [0.25, 0.3) is 0 Å². The molecule has 33 heavy (non-hydrogen) atoms. The molecule has 13 heteroatoms. The molecule has 4 atom stereocenters. The monoisotopic (exact) mass is 473 g/mol. The van der Waals surface area contributed by atoms with Crippen molar-refractivity contribution in [1.29, 1.82) is 0 Å². The molecule has 0 aromatic heterocycles. The molecule has 0 saturated carbocycles. The van der Waals surface area contributed by atoms with Crippen LogP contribution in [0.1, 0.15) is 53.4 Å². The summed E-state index contributed by atoms with van der Waals surface area (Å²) >= 11 is 0. The molecule has 0 heterocycles. The van der Waals surface area contributed by atoms with Gasteiger partial charge in [-0.2, -0.15) is 0 Å². The molecule has 0 spiro atoms. The van der Waals surface area contributed by atoms with Crippen LogP contribution in [0.5, 0.6) is 0 Å². The lowest BCUT2D eigenvalue weighted by Gasteiger charge is -2.25. The Balaban J connectivity index is 5.58. The highest BCUT2D eigenvalue weighted by atomic mass is 16.4. The van der Waals surface area contributed by atoms with Crippen LogP contribution in [-0.4, -0.2) is 69.9 Å². The summed E-state index contributed by atoms with van der Waals surface area (Å²) < 4.78 is 0. The Labute approximate surface area is 192 Å². The van der Waals surface area contributed by atoms with Crippen molar-refractivity contribution in [2.24, 2.45) is 23.3 Å². The molecule has 188 valence electrons. The molecular formula is C20H35N5O8. The number of nitrogens with one attached hydrogen (secondary N) is 3. The summed E-state index contributed by atoms with van der Waals surface area (Å²) in [4.78, 5) is 71.4. The minimum absolute atomic E-state index is 0.0718. The summed E-state index contributed by atoms with van der Waals surface area (Å²) in [6.45, 7) is 6.79. The molecule has 13 nitrogen and oxygen atoms in total. The van der Waals surface area contributed by atoms with Crippen LogP contribution in [0, 0.1) is 11.8 Å². The van der Waals surface area contributed by atoms with Gasteiger partial charge in [0.2, 0.25) is 23.6 Å². The minimum Gasteiger partial charge on any atom is -0.481 e. The second-order valence-corrected chi connectivity index (χ2v) is 8.53. The third-order valence-electron chi connectivity index (χ3n) is 4.62. The Kier molecular flexibility index (Phi) is 12.7. The predicted octanol–water partition coefficient (Wildman–Crippen LogP) is -1.70. The van der Waals surface area contributed by atoms with Gasteiger partial charge in [-0.1, -0.05) is 27.7 Å². The van der Waals surface area contributed by atoms with Crippen LogP contribution in [0.3, 0.4) is 0 Å². The second kappa shape index (κ2) is 14.0. The molecule has 0 aliphatic heterocycles. The van der Waals surface area contributed by atoms with Gasteiger partial charge in [0, 0.05) is 6.42 Å². The van der Waals surface area contributed by atoms with E-state index in [0.717, 1.165) is 0 Å². The highest BCUT2D eigenvalue weighted by Gasteiger charge is 2.32. The van der Waals surface area contributed by atoms with Crippen molar-refractivity contribution in [3.05, 3.63) is 0 Å². The Hall–Kier alpha value is -3.22. The number of aliphatic carboxylic acids is 2. The first-order valence-corrected chi connectivity index (χ1v) is 10.5. The molecule has 4 unspecified atom stereocenters. The summed E-state index contributed by atoms with van der Waals surface area (Å²) in [6, 6.07) is -5.21. The number of hydrogen-bond donors (Lipinski definition) is 7. The molecule has 0 aliphatic rings. The number of primary amides is 1. The zero-order chi connectivity index (χ0) is 25.9. The van der Waals surface area contributed by atoms with Gasteiger partial charge in [-0.3, -0.25) is 24.0 Å². The van der Waals surface area contributed by atoms with E-state index in [4.69, 9.17) is 16.6 Å². The standard InChI is InChI=1S/C20H35N5O8/c1-9(2)7-11(21)17(29)24-13(8-15(27)28)19(31)23-12(5-6-14(22)26)18(30)25-16(10(3)4)20(32)33/h9-13,16H,5-8,21H2,1-4H3,(H2,22,26)(H,23,31)(H,24,29)(H,25,30)(H,27,28)(H,32,33). The van der Waals surface area contributed by atoms with Crippen molar-refractivity contribution in [3.8, 4) is 0 Å². The highest BCUT2D eigenvalue weighted by Crippen LogP contribution is 2.07. The van der Waals surface area contributed by atoms with Gasteiger partial charge in [0.1, 0.15) is 18.1 Å². The molecular weight excluding hydrogens is 438 g/mol. The normalized spacial score (nSPS) is 14.6. The van der Waals surface area contributed by atoms with E-state index in [9.17, 15) is 33.9 Å². The van der Waals surface area contributed by atoms with Gasteiger partial charge in [0.15, 0.2) is 0 Å². The van der Waals surface area contributed by atoms with Gasteiger partial charge in [0.05, 0.1) is 12.5 Å². The number of hydrogen-bond acceptors (Lipinski definition) is 7. The number of amides is 4. The van der Waals surface area contributed by atoms with E-state index < -0.39 is 72.1 Å². The average Bonchev–Trinajstić information content (AvgIpc) is 2.66. The number of carbonyl (C=O) groups is 6. The van der Waals surface area contributed by atoms with E-state index in [0.29, 0.717) is 6.42 Å².